The first-order valence-electron chi connectivity index (χ1n) is 16.0. The van der Waals surface area contributed by atoms with E-state index in [0.717, 1.165) is 41.8 Å². The van der Waals surface area contributed by atoms with Crippen molar-refractivity contribution >= 4 is 57.1 Å². The van der Waals surface area contributed by atoms with Gasteiger partial charge in [0.05, 0.1) is 24.1 Å². The number of hydrogen-bond donors (Lipinski definition) is 0. The van der Waals surface area contributed by atoms with Crippen LogP contribution in [0.3, 0.4) is 0 Å². The van der Waals surface area contributed by atoms with Crippen LogP contribution in [0.15, 0.2) is 127 Å². The van der Waals surface area contributed by atoms with Crippen molar-refractivity contribution in [2.75, 3.05) is 14.2 Å². The van der Waals surface area contributed by atoms with Gasteiger partial charge < -0.3 is 14.0 Å². The Bertz CT molecular complexity index is 2390. The molecule has 0 amide bonds. The molecule has 0 saturated carbocycles. The number of benzene rings is 5. The van der Waals surface area contributed by atoms with Crippen LogP contribution < -0.4 is 25.4 Å². The molecule has 0 spiro atoms. The van der Waals surface area contributed by atoms with Gasteiger partial charge in [-0.1, -0.05) is 30.3 Å². The summed E-state index contributed by atoms with van der Waals surface area (Å²) in [7, 11) is -0.476. The summed E-state index contributed by atoms with van der Waals surface area (Å²) in [5.41, 5.74) is 4.79. The molecular weight excluding hydrogens is 716 g/mol. The quantitative estimate of drug-likeness (QED) is 0.0820. The Balaban J connectivity index is 1.52. The SMILES string of the molecule is COc1ccc(-c2sc(-c3ccc([N+](=O)[O-])cc3)c3c2-c2c(-c4ccc(OC)cc4)sc(-c4ccc([N+](=O)[O-])cc4)c2P3(=O)c2ccccc2)cc1. The molecule has 0 N–H and O–H groups in total. The highest BCUT2D eigenvalue weighted by molar-refractivity contribution is 7.87. The number of hydrogen-bond acceptors (Lipinski definition) is 9. The van der Waals surface area contributed by atoms with Crippen LogP contribution in [-0.2, 0) is 4.57 Å². The second-order valence-electron chi connectivity index (χ2n) is 12.0. The fourth-order valence-corrected chi connectivity index (χ4v) is 13.5. The van der Waals surface area contributed by atoms with Crippen molar-refractivity contribution in [3.8, 4) is 64.4 Å². The Morgan fingerprint density at radius 1 is 0.500 bits per heavy atom. The van der Waals surface area contributed by atoms with Crippen LogP contribution in [-0.4, -0.2) is 24.1 Å². The second kappa shape index (κ2) is 13.0. The molecule has 1 aliphatic heterocycles. The second-order valence-corrected chi connectivity index (χ2v) is 16.6. The average molecular weight is 743 g/mol. The van der Waals surface area contributed by atoms with E-state index in [1.54, 1.807) is 38.5 Å². The molecule has 1 aliphatic rings. The van der Waals surface area contributed by atoms with Crippen LogP contribution in [0, 0.1) is 20.2 Å². The fourth-order valence-electron chi connectivity index (χ4n) is 6.67. The molecule has 52 heavy (non-hydrogen) atoms. The average Bonchev–Trinajstić information content (AvgIpc) is 3.85. The first-order valence-corrected chi connectivity index (χ1v) is 19.4. The van der Waals surface area contributed by atoms with Gasteiger partial charge >= 0.3 is 0 Å². The van der Waals surface area contributed by atoms with E-state index in [9.17, 15) is 20.2 Å². The number of non-ortho nitro benzene ring substituents is 2. The van der Waals surface area contributed by atoms with E-state index in [1.807, 2.05) is 78.9 Å². The lowest BCUT2D eigenvalue weighted by Gasteiger charge is -2.18. The first kappa shape index (κ1) is 33.3. The van der Waals surface area contributed by atoms with Crippen molar-refractivity contribution in [2.45, 2.75) is 0 Å². The lowest BCUT2D eigenvalue weighted by atomic mass is 9.98. The van der Waals surface area contributed by atoms with Crippen LogP contribution >= 0.6 is 29.8 Å². The highest BCUT2D eigenvalue weighted by atomic mass is 32.1. The van der Waals surface area contributed by atoms with Gasteiger partial charge in [-0.3, -0.25) is 20.2 Å². The Morgan fingerprint density at radius 2 is 0.846 bits per heavy atom. The van der Waals surface area contributed by atoms with Gasteiger partial charge in [0.2, 0.25) is 0 Å². The van der Waals surface area contributed by atoms with Gasteiger partial charge in [0.15, 0.2) is 7.14 Å². The van der Waals surface area contributed by atoms with Gasteiger partial charge in [-0.25, -0.2) is 0 Å². The Labute approximate surface area is 306 Å². The van der Waals surface area contributed by atoms with Gasteiger partial charge in [0, 0.05) is 70.8 Å². The minimum absolute atomic E-state index is 0.0421. The largest absolute Gasteiger partial charge is 0.497 e. The zero-order valence-corrected chi connectivity index (χ0v) is 30.2. The van der Waals surface area contributed by atoms with Crippen LogP contribution in [0.2, 0.25) is 0 Å². The summed E-state index contributed by atoms with van der Waals surface area (Å²) in [6.45, 7) is 0. The predicted octanol–water partition coefficient (Wildman–Crippen LogP) is 9.93. The molecular formula is C40H27N2O7PS2. The summed E-state index contributed by atoms with van der Waals surface area (Å²) in [4.78, 5) is 25.7. The number of nitro benzene ring substituents is 2. The third kappa shape index (κ3) is 5.33. The zero-order chi connectivity index (χ0) is 36.1. The predicted molar refractivity (Wildman–Crippen MR) is 209 cm³/mol. The summed E-state index contributed by atoms with van der Waals surface area (Å²) >= 11 is 3.01. The van der Waals surface area contributed by atoms with E-state index in [0.29, 0.717) is 38.5 Å². The fraction of sp³-hybridized carbons (Fsp3) is 0.0500. The number of methoxy groups -OCH3 is 2. The van der Waals surface area contributed by atoms with Crippen molar-refractivity contribution in [3.63, 3.8) is 0 Å². The number of rotatable bonds is 9. The molecule has 9 nitrogen and oxygen atoms in total. The van der Waals surface area contributed by atoms with E-state index in [-0.39, 0.29) is 11.4 Å². The van der Waals surface area contributed by atoms with Crippen molar-refractivity contribution in [1.29, 1.82) is 0 Å². The van der Waals surface area contributed by atoms with Gasteiger partial charge in [-0.05, 0) is 95.1 Å². The van der Waals surface area contributed by atoms with Crippen molar-refractivity contribution in [2.24, 2.45) is 0 Å². The molecule has 2 aromatic heterocycles. The molecule has 0 saturated heterocycles. The number of fused-ring (bicyclic) bond motifs is 3. The maximum Gasteiger partial charge on any atom is 0.269 e. The molecule has 0 radical (unpaired) electrons. The number of thiophene rings is 2. The lowest BCUT2D eigenvalue weighted by Crippen LogP contribution is -2.21. The number of nitro groups is 2. The smallest absolute Gasteiger partial charge is 0.269 e. The summed E-state index contributed by atoms with van der Waals surface area (Å²) in [5.74, 6) is 1.39. The third-order valence-electron chi connectivity index (χ3n) is 9.15. The molecule has 0 bridgehead atoms. The topological polar surface area (TPSA) is 122 Å². The molecule has 12 heteroatoms. The van der Waals surface area contributed by atoms with Gasteiger partial charge in [-0.15, -0.1) is 22.7 Å². The minimum atomic E-state index is -3.70. The summed E-state index contributed by atoms with van der Waals surface area (Å²) in [5, 5.41) is 25.2. The molecule has 7 aromatic rings. The van der Waals surface area contributed by atoms with Crippen molar-refractivity contribution in [3.05, 3.63) is 148 Å². The minimum Gasteiger partial charge on any atom is -0.497 e. The number of nitrogens with zero attached hydrogens (tertiary/aromatic N) is 2. The lowest BCUT2D eigenvalue weighted by molar-refractivity contribution is -0.385. The molecule has 8 rings (SSSR count). The molecule has 256 valence electrons. The van der Waals surface area contributed by atoms with E-state index >= 15 is 4.57 Å². The van der Waals surface area contributed by atoms with Crippen LogP contribution in [0.1, 0.15) is 0 Å². The zero-order valence-electron chi connectivity index (χ0n) is 27.6. The molecule has 0 fully saturated rings. The van der Waals surface area contributed by atoms with Crippen molar-refractivity contribution in [1.82, 2.24) is 0 Å². The van der Waals surface area contributed by atoms with E-state index in [2.05, 4.69) is 0 Å². The molecule has 5 aromatic carbocycles. The molecule has 3 heterocycles. The summed E-state index contributed by atoms with van der Waals surface area (Å²) in [6.07, 6.45) is 0. The first-order chi connectivity index (χ1) is 25.2. The van der Waals surface area contributed by atoms with Crippen LogP contribution in [0.25, 0.3) is 52.9 Å². The van der Waals surface area contributed by atoms with Gasteiger partial charge in [0.1, 0.15) is 11.5 Å². The maximum atomic E-state index is 16.6. The third-order valence-corrected chi connectivity index (χ3v) is 15.2. The van der Waals surface area contributed by atoms with E-state index in [4.69, 9.17) is 9.47 Å². The van der Waals surface area contributed by atoms with E-state index < -0.39 is 17.0 Å². The maximum absolute atomic E-state index is 16.6. The highest BCUT2D eigenvalue weighted by Crippen LogP contribution is 2.65. The highest BCUT2D eigenvalue weighted by Gasteiger charge is 2.49. The molecule has 0 aliphatic carbocycles. The van der Waals surface area contributed by atoms with Crippen LogP contribution in [0.4, 0.5) is 11.4 Å². The standard InChI is InChI=1S/C40H27N2O7PS2/c1-48-30-20-12-24(13-21-30)37-33-34-36(40(27-10-18-29(19-11-27)42(45)46)52-38(34)25-14-22-31(49-2)23-15-25)50(47,32-6-4-3-5-7-32)35(33)39(51-37)26-8-16-28(17-9-26)41(43)44/h3-23H,1-2H3. The van der Waals surface area contributed by atoms with Gasteiger partial charge in [-0.2, -0.15) is 0 Å². The summed E-state index contributed by atoms with van der Waals surface area (Å²) in [6, 6.07) is 37.6. The van der Waals surface area contributed by atoms with Gasteiger partial charge in [0.25, 0.3) is 11.4 Å². The van der Waals surface area contributed by atoms with E-state index in [1.165, 1.54) is 46.9 Å². The molecule has 0 unspecified atom stereocenters. The van der Waals surface area contributed by atoms with Crippen molar-refractivity contribution < 1.29 is 23.9 Å². The Hall–Kier alpha value is -5.87. The number of ether oxygens (including phenoxy) is 2. The Kier molecular flexibility index (Phi) is 8.34. The summed E-state index contributed by atoms with van der Waals surface area (Å²) < 4.78 is 27.6. The normalized spacial score (nSPS) is 12.6. The van der Waals surface area contributed by atoms with Crippen LogP contribution in [0.5, 0.6) is 11.5 Å². The molecule has 0 atom stereocenters. The Morgan fingerprint density at radius 3 is 1.19 bits per heavy atom. The monoisotopic (exact) mass is 742 g/mol.